The van der Waals surface area contributed by atoms with E-state index >= 15 is 0 Å². The first-order valence-electron chi connectivity index (χ1n) is 12.0. The molecule has 1 heterocycles. The minimum atomic E-state index is -0.182. The van der Waals surface area contributed by atoms with Crippen molar-refractivity contribution in [3.05, 3.63) is 83.2 Å². The summed E-state index contributed by atoms with van der Waals surface area (Å²) in [5.41, 5.74) is 5.42. The van der Waals surface area contributed by atoms with Gasteiger partial charge in [0.05, 0.1) is 0 Å². The molecule has 2 aliphatic carbocycles. The lowest BCUT2D eigenvalue weighted by Crippen LogP contribution is -2.60. The zero-order valence-electron chi connectivity index (χ0n) is 18.3. The molecule has 0 amide bonds. The lowest BCUT2D eigenvalue weighted by atomic mass is 9.68. The van der Waals surface area contributed by atoms with Crippen molar-refractivity contribution in [1.29, 1.82) is 0 Å². The van der Waals surface area contributed by atoms with Crippen LogP contribution in [0.1, 0.15) is 82.3 Å². The molecule has 2 aromatic rings. The molecule has 0 aromatic heterocycles. The summed E-state index contributed by atoms with van der Waals surface area (Å²) in [6, 6.07) is 22.9. The first-order valence-corrected chi connectivity index (χ1v) is 12.0. The van der Waals surface area contributed by atoms with Gasteiger partial charge in [0, 0.05) is 17.3 Å². The van der Waals surface area contributed by atoms with Crippen LogP contribution in [0.2, 0.25) is 0 Å². The number of benzene rings is 2. The molecule has 1 aliphatic heterocycles. The van der Waals surface area contributed by atoms with Crippen LogP contribution >= 0.6 is 0 Å². The second kappa shape index (κ2) is 8.41. The van der Waals surface area contributed by atoms with E-state index in [9.17, 15) is 0 Å². The Morgan fingerprint density at radius 3 is 1.83 bits per heavy atom. The van der Waals surface area contributed by atoms with Gasteiger partial charge in [0.2, 0.25) is 0 Å². The SMILES string of the molecule is CC1=C(N=C2CCCCC2)N(C2CCCCC2)C1(c1ccccc1)c1ccccc1. The van der Waals surface area contributed by atoms with Crippen LogP contribution < -0.4 is 0 Å². The van der Waals surface area contributed by atoms with Crippen LogP contribution in [0.5, 0.6) is 0 Å². The van der Waals surface area contributed by atoms with Gasteiger partial charge in [-0.25, -0.2) is 4.99 Å². The molecule has 0 saturated heterocycles. The molecule has 3 aliphatic rings. The van der Waals surface area contributed by atoms with Crippen LogP contribution in [0, 0.1) is 0 Å². The molecule has 5 rings (SSSR count). The van der Waals surface area contributed by atoms with Gasteiger partial charge in [-0.2, -0.15) is 0 Å². The Balaban J connectivity index is 1.69. The average Bonchev–Trinajstić information content (AvgIpc) is 2.83. The molecule has 0 radical (unpaired) electrons. The number of aliphatic imine (C=N–C) groups is 1. The molecule has 2 heteroatoms. The van der Waals surface area contributed by atoms with Crippen molar-refractivity contribution in [3.8, 4) is 0 Å². The standard InChI is InChI=1S/C28H34N2/c1-22-27(29-25-18-10-4-11-19-25)30(26-20-12-5-13-21-26)28(22,23-14-6-2-7-15-23)24-16-8-3-9-17-24/h2-3,6-9,14-17,26H,4-5,10-13,18-21H2,1H3. The zero-order valence-corrected chi connectivity index (χ0v) is 18.3. The average molecular weight is 399 g/mol. The maximum atomic E-state index is 5.35. The van der Waals surface area contributed by atoms with E-state index in [0.717, 1.165) is 0 Å². The lowest BCUT2D eigenvalue weighted by Gasteiger charge is -2.59. The van der Waals surface area contributed by atoms with Crippen molar-refractivity contribution in [3.63, 3.8) is 0 Å². The highest BCUT2D eigenvalue weighted by Crippen LogP contribution is 2.56. The third kappa shape index (κ3) is 3.21. The van der Waals surface area contributed by atoms with Gasteiger partial charge >= 0.3 is 0 Å². The number of rotatable bonds is 4. The van der Waals surface area contributed by atoms with Gasteiger partial charge in [0.25, 0.3) is 0 Å². The molecule has 0 spiro atoms. The fourth-order valence-corrected chi connectivity index (χ4v) is 6.01. The molecular weight excluding hydrogens is 364 g/mol. The minimum Gasteiger partial charge on any atom is -0.336 e. The summed E-state index contributed by atoms with van der Waals surface area (Å²) in [4.78, 5) is 8.08. The van der Waals surface area contributed by atoms with E-state index in [2.05, 4.69) is 72.5 Å². The van der Waals surface area contributed by atoms with Gasteiger partial charge in [-0.05, 0) is 56.6 Å². The third-order valence-electron chi connectivity index (χ3n) is 7.49. The molecule has 2 fully saturated rings. The van der Waals surface area contributed by atoms with Crippen molar-refractivity contribution in [1.82, 2.24) is 4.90 Å². The first-order chi connectivity index (χ1) is 14.8. The van der Waals surface area contributed by atoms with Crippen molar-refractivity contribution >= 4 is 5.71 Å². The zero-order chi connectivity index (χ0) is 20.4. The van der Waals surface area contributed by atoms with Crippen LogP contribution in [0.15, 0.2) is 77.1 Å². The van der Waals surface area contributed by atoms with Crippen LogP contribution in [0.4, 0.5) is 0 Å². The largest absolute Gasteiger partial charge is 0.336 e. The van der Waals surface area contributed by atoms with Gasteiger partial charge < -0.3 is 4.90 Å². The van der Waals surface area contributed by atoms with Crippen LogP contribution in [0.3, 0.4) is 0 Å². The Morgan fingerprint density at radius 1 is 0.733 bits per heavy atom. The fourth-order valence-electron chi connectivity index (χ4n) is 6.01. The second-order valence-corrected chi connectivity index (χ2v) is 9.29. The molecule has 0 bridgehead atoms. The van der Waals surface area contributed by atoms with Crippen molar-refractivity contribution < 1.29 is 0 Å². The number of nitrogens with zero attached hydrogens (tertiary/aromatic N) is 2. The summed E-state index contributed by atoms with van der Waals surface area (Å²) in [5, 5.41) is 0. The Bertz CT molecular complexity index is 872. The maximum absolute atomic E-state index is 5.35. The molecule has 2 saturated carbocycles. The summed E-state index contributed by atoms with van der Waals surface area (Å²) in [6.07, 6.45) is 12.9. The highest BCUT2D eigenvalue weighted by molar-refractivity contribution is 5.86. The molecule has 0 atom stereocenters. The van der Waals surface area contributed by atoms with E-state index in [-0.39, 0.29) is 5.54 Å². The number of hydrogen-bond donors (Lipinski definition) is 0. The van der Waals surface area contributed by atoms with Crippen LogP contribution in [-0.4, -0.2) is 16.7 Å². The van der Waals surface area contributed by atoms with Gasteiger partial charge in [-0.3, -0.25) is 0 Å². The Kier molecular flexibility index (Phi) is 5.50. The smallest absolute Gasteiger partial charge is 0.131 e. The number of hydrogen-bond acceptors (Lipinski definition) is 2. The quantitative estimate of drug-likeness (QED) is 0.531. The molecule has 156 valence electrons. The summed E-state index contributed by atoms with van der Waals surface area (Å²) >= 11 is 0. The lowest BCUT2D eigenvalue weighted by molar-refractivity contribution is 0.0670. The van der Waals surface area contributed by atoms with Crippen molar-refractivity contribution in [2.75, 3.05) is 0 Å². The van der Waals surface area contributed by atoms with E-state index in [1.54, 1.807) is 0 Å². The van der Waals surface area contributed by atoms with Crippen molar-refractivity contribution in [2.24, 2.45) is 4.99 Å². The minimum absolute atomic E-state index is 0.182. The fraction of sp³-hybridized carbons (Fsp3) is 0.464. The molecular formula is C28H34N2. The van der Waals surface area contributed by atoms with E-state index in [1.165, 1.54) is 92.4 Å². The third-order valence-corrected chi connectivity index (χ3v) is 7.49. The highest BCUT2D eigenvalue weighted by Gasteiger charge is 2.54. The molecule has 2 nitrogen and oxygen atoms in total. The molecule has 0 N–H and O–H groups in total. The maximum Gasteiger partial charge on any atom is 0.131 e. The summed E-state index contributed by atoms with van der Waals surface area (Å²) in [7, 11) is 0. The monoisotopic (exact) mass is 398 g/mol. The van der Waals surface area contributed by atoms with Gasteiger partial charge in [0.1, 0.15) is 11.4 Å². The predicted molar refractivity (Wildman–Crippen MR) is 126 cm³/mol. The highest BCUT2D eigenvalue weighted by atomic mass is 15.4. The van der Waals surface area contributed by atoms with Crippen LogP contribution in [0.25, 0.3) is 0 Å². The van der Waals surface area contributed by atoms with Crippen LogP contribution in [-0.2, 0) is 5.54 Å². The van der Waals surface area contributed by atoms with E-state index < -0.39 is 0 Å². The summed E-state index contributed by atoms with van der Waals surface area (Å²) in [6.45, 7) is 2.33. The molecule has 2 aromatic carbocycles. The first kappa shape index (κ1) is 19.6. The Morgan fingerprint density at radius 2 is 1.27 bits per heavy atom. The Hall–Kier alpha value is -2.35. The van der Waals surface area contributed by atoms with Gasteiger partial charge in [0.15, 0.2) is 0 Å². The van der Waals surface area contributed by atoms with E-state index in [4.69, 9.17) is 4.99 Å². The topological polar surface area (TPSA) is 15.6 Å². The molecule has 30 heavy (non-hydrogen) atoms. The predicted octanol–water partition coefficient (Wildman–Crippen LogP) is 7.22. The van der Waals surface area contributed by atoms with Gasteiger partial charge in [-0.15, -0.1) is 0 Å². The summed E-state index contributed by atoms with van der Waals surface area (Å²) in [5.74, 6) is 1.27. The normalized spacial score (nSPS) is 22.0. The Labute approximate surface area is 181 Å². The van der Waals surface area contributed by atoms with Crippen molar-refractivity contribution in [2.45, 2.75) is 82.7 Å². The van der Waals surface area contributed by atoms with E-state index in [0.29, 0.717) is 6.04 Å². The van der Waals surface area contributed by atoms with E-state index in [1.807, 2.05) is 0 Å². The van der Waals surface area contributed by atoms with Gasteiger partial charge in [-0.1, -0.05) is 86.3 Å². The summed E-state index contributed by atoms with van der Waals surface area (Å²) < 4.78 is 0. The second-order valence-electron chi connectivity index (χ2n) is 9.29. The molecule has 0 unspecified atom stereocenters.